The largest absolute Gasteiger partial charge is 0.449 e. The lowest BCUT2D eigenvalue weighted by Gasteiger charge is -2.36. The molecule has 1 aliphatic rings. The number of aromatic nitrogens is 1. The third kappa shape index (κ3) is 5.68. The number of anilines is 1. The second kappa shape index (κ2) is 12.5. The van der Waals surface area contributed by atoms with Crippen molar-refractivity contribution in [3.05, 3.63) is 29.8 Å². The molecule has 196 valence electrons. The van der Waals surface area contributed by atoms with Crippen LogP contribution in [0.5, 0.6) is 0 Å². The lowest BCUT2D eigenvalue weighted by atomic mass is 9.98. The summed E-state index contributed by atoms with van der Waals surface area (Å²) in [5.41, 5.74) is 7.77. The second-order valence-electron chi connectivity index (χ2n) is 8.35. The van der Waals surface area contributed by atoms with Gasteiger partial charge >= 0.3 is 12.0 Å². The molecule has 2 N–H and O–H groups in total. The number of furan rings is 1. The van der Waals surface area contributed by atoms with Gasteiger partial charge in [0.2, 0.25) is 5.76 Å². The van der Waals surface area contributed by atoms with Crippen LogP contribution in [0, 0.1) is 0 Å². The molecule has 0 unspecified atom stereocenters. The van der Waals surface area contributed by atoms with Crippen LogP contribution < -0.4 is 10.6 Å². The van der Waals surface area contributed by atoms with Crippen molar-refractivity contribution in [1.82, 2.24) is 10.0 Å². The minimum Gasteiger partial charge on any atom is -0.449 e. The van der Waals surface area contributed by atoms with E-state index in [0.29, 0.717) is 41.8 Å². The SMILES string of the molecule is CCC[C@H]1C[C@@H](N(C(=O)OCC)c2c(C(=O)N(C)OC)oc3ccc(C(C=NC)=CN)nc23)CCO1. The molecule has 36 heavy (non-hydrogen) atoms. The summed E-state index contributed by atoms with van der Waals surface area (Å²) in [6, 6.07) is 3.11. The number of fused-ring (bicyclic) bond motifs is 1. The highest BCUT2D eigenvalue weighted by atomic mass is 16.7. The van der Waals surface area contributed by atoms with E-state index in [0.717, 1.165) is 17.9 Å². The van der Waals surface area contributed by atoms with E-state index in [1.165, 1.54) is 25.3 Å². The van der Waals surface area contributed by atoms with Crippen LogP contribution in [0.2, 0.25) is 0 Å². The van der Waals surface area contributed by atoms with Gasteiger partial charge in [-0.15, -0.1) is 0 Å². The first-order chi connectivity index (χ1) is 17.4. The van der Waals surface area contributed by atoms with Gasteiger partial charge in [-0.2, -0.15) is 0 Å². The Labute approximate surface area is 210 Å². The summed E-state index contributed by atoms with van der Waals surface area (Å²) in [4.78, 5) is 42.1. The Morgan fingerprint density at radius 3 is 2.75 bits per heavy atom. The van der Waals surface area contributed by atoms with Crippen molar-refractivity contribution in [2.45, 2.75) is 51.7 Å². The Morgan fingerprint density at radius 1 is 1.33 bits per heavy atom. The fraction of sp³-hybridized carbons (Fsp3) is 0.520. The summed E-state index contributed by atoms with van der Waals surface area (Å²) in [6.07, 6.45) is 5.33. The number of hydrogen-bond donors (Lipinski definition) is 1. The molecule has 1 saturated heterocycles. The number of amides is 2. The number of carbonyl (C=O) groups is 2. The first-order valence-corrected chi connectivity index (χ1v) is 12.1. The summed E-state index contributed by atoms with van der Waals surface area (Å²) in [5.74, 6) is -0.642. The molecule has 2 amide bonds. The van der Waals surface area contributed by atoms with Gasteiger partial charge in [0.1, 0.15) is 11.2 Å². The second-order valence-corrected chi connectivity index (χ2v) is 8.35. The van der Waals surface area contributed by atoms with E-state index in [2.05, 4.69) is 11.9 Å². The highest BCUT2D eigenvalue weighted by Crippen LogP contribution is 2.38. The molecule has 3 heterocycles. The summed E-state index contributed by atoms with van der Waals surface area (Å²) in [7, 11) is 4.46. The maximum atomic E-state index is 13.4. The number of carbonyl (C=O) groups excluding carboxylic acids is 2. The van der Waals surface area contributed by atoms with Gasteiger partial charge in [-0.1, -0.05) is 13.3 Å². The number of aliphatic imine (C=N–C) groups is 1. The number of hydroxylamine groups is 2. The summed E-state index contributed by atoms with van der Waals surface area (Å²) >= 11 is 0. The number of rotatable bonds is 9. The first-order valence-electron chi connectivity index (χ1n) is 12.1. The lowest BCUT2D eigenvalue weighted by Crippen LogP contribution is -2.47. The van der Waals surface area contributed by atoms with Gasteiger partial charge < -0.3 is 19.6 Å². The Balaban J connectivity index is 2.26. The predicted molar refractivity (Wildman–Crippen MR) is 137 cm³/mol. The molecule has 0 spiro atoms. The highest BCUT2D eigenvalue weighted by Gasteiger charge is 2.38. The fourth-order valence-corrected chi connectivity index (χ4v) is 4.29. The minimum atomic E-state index is -0.589. The zero-order valence-electron chi connectivity index (χ0n) is 21.5. The normalized spacial score (nSPS) is 18.5. The fourth-order valence-electron chi connectivity index (χ4n) is 4.29. The molecule has 0 bridgehead atoms. The van der Waals surface area contributed by atoms with E-state index in [4.69, 9.17) is 29.4 Å². The third-order valence-corrected chi connectivity index (χ3v) is 6.03. The molecule has 0 saturated carbocycles. The number of ether oxygens (including phenoxy) is 2. The smallest absolute Gasteiger partial charge is 0.414 e. The van der Waals surface area contributed by atoms with Crippen LogP contribution in [-0.2, 0) is 14.3 Å². The molecule has 1 aliphatic heterocycles. The average Bonchev–Trinajstić information content (AvgIpc) is 3.25. The van der Waals surface area contributed by atoms with Gasteiger partial charge in [0.15, 0.2) is 5.58 Å². The van der Waals surface area contributed by atoms with Crippen molar-refractivity contribution in [3.8, 4) is 0 Å². The molecule has 3 rings (SSSR count). The summed E-state index contributed by atoms with van der Waals surface area (Å²) < 4.78 is 17.4. The maximum absolute atomic E-state index is 13.4. The zero-order valence-corrected chi connectivity index (χ0v) is 21.5. The number of pyridine rings is 1. The van der Waals surface area contributed by atoms with E-state index in [1.54, 1.807) is 32.3 Å². The number of nitrogens with two attached hydrogens (primary N) is 1. The molecule has 1 fully saturated rings. The molecule has 2 aromatic rings. The molecular formula is C25H35N5O6. The van der Waals surface area contributed by atoms with E-state index in [9.17, 15) is 9.59 Å². The monoisotopic (exact) mass is 501 g/mol. The van der Waals surface area contributed by atoms with Crippen molar-refractivity contribution < 1.29 is 28.3 Å². The topological polar surface area (TPSA) is 133 Å². The van der Waals surface area contributed by atoms with E-state index in [-0.39, 0.29) is 30.2 Å². The van der Waals surface area contributed by atoms with Gasteiger partial charge in [-0.3, -0.25) is 19.5 Å². The van der Waals surface area contributed by atoms with Crippen molar-refractivity contribution in [2.75, 3.05) is 39.3 Å². The zero-order chi connectivity index (χ0) is 26.2. The molecule has 0 radical (unpaired) electrons. The lowest BCUT2D eigenvalue weighted by molar-refractivity contribution is -0.0772. The van der Waals surface area contributed by atoms with Gasteiger partial charge in [-0.05, 0) is 38.3 Å². The van der Waals surface area contributed by atoms with Crippen molar-refractivity contribution >= 4 is 40.6 Å². The van der Waals surface area contributed by atoms with Crippen molar-refractivity contribution in [2.24, 2.45) is 10.7 Å². The van der Waals surface area contributed by atoms with Gasteiger partial charge in [-0.25, -0.2) is 14.8 Å². The maximum Gasteiger partial charge on any atom is 0.414 e. The molecule has 2 atom stereocenters. The Kier molecular flexibility index (Phi) is 9.43. The standard InChI is InChI=1S/C25H35N5O6/c1-6-8-18-13-17(11-12-35-18)30(25(32)34-7-2)22-21-20(36-23(22)24(31)29(4)33-5)10-9-19(28-21)16(14-26)15-27-3/h9-10,14-15,17-18H,6-8,11-13,26H2,1-5H3/t17-,18-/m0/s1. The van der Waals surface area contributed by atoms with Crippen LogP contribution in [0.3, 0.4) is 0 Å². The van der Waals surface area contributed by atoms with Gasteiger partial charge in [0.25, 0.3) is 0 Å². The first kappa shape index (κ1) is 27.2. The van der Waals surface area contributed by atoms with Gasteiger partial charge in [0, 0.05) is 44.7 Å². The number of allylic oxidation sites excluding steroid dienone is 1. The highest BCUT2D eigenvalue weighted by molar-refractivity contribution is 6.12. The molecular weight excluding hydrogens is 466 g/mol. The van der Waals surface area contributed by atoms with E-state index in [1.807, 2.05) is 0 Å². The summed E-state index contributed by atoms with van der Waals surface area (Å²) in [5, 5.41) is 1.03. The molecule has 0 aliphatic carbocycles. The van der Waals surface area contributed by atoms with Gasteiger partial charge in [0.05, 0.1) is 25.5 Å². The van der Waals surface area contributed by atoms with E-state index >= 15 is 0 Å². The third-order valence-electron chi connectivity index (χ3n) is 6.03. The summed E-state index contributed by atoms with van der Waals surface area (Å²) in [6.45, 7) is 4.47. The van der Waals surface area contributed by atoms with Crippen LogP contribution in [0.4, 0.5) is 10.5 Å². The van der Waals surface area contributed by atoms with Crippen molar-refractivity contribution in [1.29, 1.82) is 0 Å². The Bertz CT molecular complexity index is 1130. The number of hydrogen-bond acceptors (Lipinski definition) is 9. The molecule has 11 heteroatoms. The van der Waals surface area contributed by atoms with Crippen LogP contribution in [0.25, 0.3) is 16.7 Å². The Hall–Kier alpha value is -3.44. The predicted octanol–water partition coefficient (Wildman–Crippen LogP) is 3.77. The van der Waals surface area contributed by atoms with Crippen LogP contribution in [0.15, 0.2) is 27.7 Å². The van der Waals surface area contributed by atoms with E-state index < -0.39 is 12.0 Å². The molecule has 2 aromatic heterocycles. The average molecular weight is 502 g/mol. The quantitative estimate of drug-likeness (QED) is 0.406. The Morgan fingerprint density at radius 2 is 2.11 bits per heavy atom. The minimum absolute atomic E-state index is 0.0132. The van der Waals surface area contributed by atoms with Crippen LogP contribution in [0.1, 0.15) is 55.8 Å². The number of nitrogens with zero attached hydrogens (tertiary/aromatic N) is 4. The van der Waals surface area contributed by atoms with Crippen LogP contribution >= 0.6 is 0 Å². The molecule has 11 nitrogen and oxygen atoms in total. The van der Waals surface area contributed by atoms with Crippen molar-refractivity contribution in [3.63, 3.8) is 0 Å². The van der Waals surface area contributed by atoms with Crippen LogP contribution in [-0.4, -0.2) is 74.8 Å². The molecule has 0 aromatic carbocycles.